The Bertz CT molecular complexity index is 2180. The highest BCUT2D eigenvalue weighted by atomic mass is 15.1. The topological polar surface area (TPSA) is 6.48 Å². The van der Waals surface area contributed by atoms with E-state index in [1.165, 1.54) is 76.1 Å². The Morgan fingerprint density at radius 2 is 0.760 bits per heavy atom. The van der Waals surface area contributed by atoms with E-state index in [-0.39, 0.29) is 5.41 Å². The van der Waals surface area contributed by atoms with Crippen molar-refractivity contribution >= 4 is 34.1 Å². The van der Waals surface area contributed by atoms with Crippen LogP contribution in [0, 0.1) is 0 Å². The van der Waals surface area contributed by atoms with Crippen LogP contribution in [0.2, 0.25) is 0 Å². The SMILES string of the molecule is c1ccc(N(c2ccccc2)c2ccc(Cc3ccc(N(c4ccccc4)c4ccc5c(c4)C4(CCCC4)c4ccccc4-5)cc3)cc2)cc1. The van der Waals surface area contributed by atoms with Crippen molar-refractivity contribution in [1.82, 2.24) is 0 Å². The molecule has 0 aliphatic heterocycles. The Balaban J connectivity index is 1.01. The van der Waals surface area contributed by atoms with Gasteiger partial charge in [-0.25, -0.2) is 0 Å². The van der Waals surface area contributed by atoms with Crippen LogP contribution in [0.25, 0.3) is 11.1 Å². The lowest BCUT2D eigenvalue weighted by atomic mass is 9.76. The molecule has 1 fully saturated rings. The monoisotopic (exact) mass is 644 g/mol. The molecule has 0 saturated heterocycles. The van der Waals surface area contributed by atoms with Crippen LogP contribution in [-0.4, -0.2) is 0 Å². The molecule has 0 bridgehead atoms. The van der Waals surface area contributed by atoms with Crippen molar-refractivity contribution in [2.45, 2.75) is 37.5 Å². The van der Waals surface area contributed by atoms with Crippen molar-refractivity contribution in [1.29, 1.82) is 0 Å². The molecule has 9 rings (SSSR count). The second-order valence-electron chi connectivity index (χ2n) is 13.8. The Kier molecular flexibility index (Phi) is 7.78. The number of para-hydroxylation sites is 3. The van der Waals surface area contributed by atoms with E-state index in [0.29, 0.717) is 0 Å². The maximum Gasteiger partial charge on any atom is 0.0465 e. The van der Waals surface area contributed by atoms with Crippen molar-refractivity contribution in [2.75, 3.05) is 9.80 Å². The molecule has 2 aliphatic rings. The van der Waals surface area contributed by atoms with Gasteiger partial charge in [-0.15, -0.1) is 0 Å². The van der Waals surface area contributed by atoms with Crippen molar-refractivity contribution in [3.63, 3.8) is 0 Å². The number of nitrogens with zero attached hydrogens (tertiary/aromatic N) is 2. The quantitative estimate of drug-likeness (QED) is 0.162. The van der Waals surface area contributed by atoms with E-state index >= 15 is 0 Å². The molecular formula is C48H40N2. The normalized spacial score (nSPS) is 13.9. The highest BCUT2D eigenvalue weighted by molar-refractivity contribution is 5.86. The molecule has 2 aliphatic carbocycles. The van der Waals surface area contributed by atoms with Gasteiger partial charge in [-0.3, -0.25) is 0 Å². The van der Waals surface area contributed by atoms with E-state index in [1.807, 2.05) is 0 Å². The minimum absolute atomic E-state index is 0.142. The average molecular weight is 645 g/mol. The third kappa shape index (κ3) is 5.38. The third-order valence-corrected chi connectivity index (χ3v) is 10.8. The second kappa shape index (κ2) is 12.9. The van der Waals surface area contributed by atoms with Gasteiger partial charge in [-0.05, 0) is 125 Å². The first-order valence-corrected chi connectivity index (χ1v) is 17.9. The number of benzene rings is 7. The molecule has 1 spiro atoms. The van der Waals surface area contributed by atoms with Crippen molar-refractivity contribution in [2.24, 2.45) is 0 Å². The molecule has 50 heavy (non-hydrogen) atoms. The minimum atomic E-state index is 0.142. The zero-order valence-corrected chi connectivity index (χ0v) is 28.3. The zero-order valence-electron chi connectivity index (χ0n) is 28.3. The fourth-order valence-electron chi connectivity index (χ4n) is 8.49. The molecule has 0 unspecified atom stereocenters. The lowest BCUT2D eigenvalue weighted by molar-refractivity contribution is 0.550. The molecule has 0 radical (unpaired) electrons. The summed E-state index contributed by atoms with van der Waals surface area (Å²) < 4.78 is 0. The number of anilines is 6. The Morgan fingerprint density at radius 3 is 1.28 bits per heavy atom. The van der Waals surface area contributed by atoms with Crippen LogP contribution in [0.1, 0.15) is 47.9 Å². The predicted molar refractivity (Wildman–Crippen MR) is 210 cm³/mol. The highest BCUT2D eigenvalue weighted by Crippen LogP contribution is 2.57. The van der Waals surface area contributed by atoms with Gasteiger partial charge in [-0.1, -0.05) is 122 Å². The average Bonchev–Trinajstić information content (AvgIpc) is 3.78. The van der Waals surface area contributed by atoms with Crippen molar-refractivity contribution in [3.8, 4) is 11.1 Å². The summed E-state index contributed by atoms with van der Waals surface area (Å²) in [5, 5.41) is 0. The highest BCUT2D eigenvalue weighted by Gasteiger charge is 2.45. The van der Waals surface area contributed by atoms with Crippen LogP contribution in [0.15, 0.2) is 182 Å². The maximum atomic E-state index is 2.50. The summed E-state index contributed by atoms with van der Waals surface area (Å²) in [4.78, 5) is 4.73. The standard InChI is InChI=1S/C48H40N2/c1-4-14-38(15-5-1)49(39-16-6-2-7-17-39)41-26-22-36(23-27-41)34-37-24-28-42(29-25-37)50(40-18-8-3-9-19-40)43-30-31-45-44-20-10-11-21-46(44)48(47(45)35-43)32-12-13-33-48/h1-11,14-31,35H,12-13,32-34H2. The van der Waals surface area contributed by atoms with E-state index in [2.05, 4.69) is 192 Å². The summed E-state index contributed by atoms with van der Waals surface area (Å²) in [6.45, 7) is 0. The first-order chi connectivity index (χ1) is 24.8. The molecular weight excluding hydrogens is 605 g/mol. The summed E-state index contributed by atoms with van der Waals surface area (Å²) in [5.74, 6) is 0. The van der Waals surface area contributed by atoms with Gasteiger partial charge in [0, 0.05) is 39.5 Å². The van der Waals surface area contributed by atoms with Gasteiger partial charge < -0.3 is 9.80 Å². The molecule has 1 saturated carbocycles. The first-order valence-electron chi connectivity index (χ1n) is 17.9. The van der Waals surface area contributed by atoms with Gasteiger partial charge in [0.15, 0.2) is 0 Å². The molecule has 0 amide bonds. The lowest BCUT2D eigenvalue weighted by Gasteiger charge is -2.30. The number of rotatable bonds is 8. The van der Waals surface area contributed by atoms with Crippen LogP contribution in [0.4, 0.5) is 34.1 Å². The van der Waals surface area contributed by atoms with E-state index in [0.717, 1.165) is 23.5 Å². The fourth-order valence-corrected chi connectivity index (χ4v) is 8.49. The molecule has 0 heterocycles. The van der Waals surface area contributed by atoms with E-state index in [1.54, 1.807) is 0 Å². The van der Waals surface area contributed by atoms with Gasteiger partial charge in [0.1, 0.15) is 0 Å². The minimum Gasteiger partial charge on any atom is -0.311 e. The Labute approximate surface area is 295 Å². The van der Waals surface area contributed by atoms with Gasteiger partial charge in [0.05, 0.1) is 0 Å². The molecule has 242 valence electrons. The molecule has 2 nitrogen and oxygen atoms in total. The van der Waals surface area contributed by atoms with Gasteiger partial charge in [-0.2, -0.15) is 0 Å². The van der Waals surface area contributed by atoms with Crippen LogP contribution in [0.5, 0.6) is 0 Å². The summed E-state index contributed by atoms with van der Waals surface area (Å²) in [5.41, 5.74) is 15.6. The Morgan fingerprint density at radius 1 is 0.360 bits per heavy atom. The van der Waals surface area contributed by atoms with Crippen LogP contribution >= 0.6 is 0 Å². The van der Waals surface area contributed by atoms with Crippen molar-refractivity contribution < 1.29 is 0 Å². The predicted octanol–water partition coefficient (Wildman–Crippen LogP) is 13.1. The molecule has 2 heteroatoms. The fraction of sp³-hybridized carbons (Fsp3) is 0.125. The zero-order chi connectivity index (χ0) is 33.3. The second-order valence-corrected chi connectivity index (χ2v) is 13.8. The Hall–Kier alpha value is -5.86. The van der Waals surface area contributed by atoms with Crippen LogP contribution in [-0.2, 0) is 11.8 Å². The van der Waals surface area contributed by atoms with Gasteiger partial charge in [0.25, 0.3) is 0 Å². The van der Waals surface area contributed by atoms with Crippen molar-refractivity contribution in [3.05, 3.63) is 204 Å². The summed E-state index contributed by atoms with van der Waals surface area (Å²) >= 11 is 0. The number of hydrogen-bond acceptors (Lipinski definition) is 2. The van der Waals surface area contributed by atoms with Crippen LogP contribution < -0.4 is 9.80 Å². The van der Waals surface area contributed by atoms with E-state index in [9.17, 15) is 0 Å². The van der Waals surface area contributed by atoms with Crippen LogP contribution in [0.3, 0.4) is 0 Å². The van der Waals surface area contributed by atoms with Gasteiger partial charge >= 0.3 is 0 Å². The number of hydrogen-bond donors (Lipinski definition) is 0. The maximum absolute atomic E-state index is 2.50. The first kappa shape index (κ1) is 30.2. The molecule has 7 aromatic rings. The lowest BCUT2D eigenvalue weighted by Crippen LogP contribution is -2.21. The summed E-state index contributed by atoms with van der Waals surface area (Å²) in [6.07, 6.45) is 5.93. The summed E-state index contributed by atoms with van der Waals surface area (Å²) in [6, 6.07) is 66.5. The molecule has 0 aromatic heterocycles. The molecule has 7 aromatic carbocycles. The third-order valence-electron chi connectivity index (χ3n) is 10.8. The molecule has 0 N–H and O–H groups in total. The summed E-state index contributed by atoms with van der Waals surface area (Å²) in [7, 11) is 0. The largest absolute Gasteiger partial charge is 0.311 e. The molecule has 0 atom stereocenters. The number of fused-ring (bicyclic) bond motifs is 5. The van der Waals surface area contributed by atoms with E-state index in [4.69, 9.17) is 0 Å². The van der Waals surface area contributed by atoms with E-state index < -0.39 is 0 Å². The van der Waals surface area contributed by atoms with Gasteiger partial charge in [0.2, 0.25) is 0 Å². The smallest absolute Gasteiger partial charge is 0.0465 e.